The smallest absolute Gasteiger partial charge is 0.327 e. The highest BCUT2D eigenvalue weighted by Crippen LogP contribution is 2.50. The third-order valence-electron chi connectivity index (χ3n) is 6.70. The number of nitrogens with zero attached hydrogens (tertiary/aromatic N) is 4. The van der Waals surface area contributed by atoms with Gasteiger partial charge in [-0.3, -0.25) is 14.4 Å². The van der Waals surface area contributed by atoms with Crippen LogP contribution < -0.4 is 11.1 Å². The van der Waals surface area contributed by atoms with Crippen LogP contribution in [0.25, 0.3) is 0 Å². The van der Waals surface area contributed by atoms with Crippen molar-refractivity contribution in [3.8, 4) is 0 Å². The Morgan fingerprint density at radius 3 is 2.50 bits per heavy atom. The zero-order chi connectivity index (χ0) is 26.4. The van der Waals surface area contributed by atoms with Crippen molar-refractivity contribution in [2.45, 2.75) is 67.8 Å². The number of aliphatic carboxylic acids is 1. The van der Waals surface area contributed by atoms with E-state index in [1.165, 1.54) is 16.7 Å². The molecule has 3 amide bonds. The number of hydrogen-bond acceptors (Lipinski definition) is 10. The summed E-state index contributed by atoms with van der Waals surface area (Å²) in [4.78, 5) is 62.7. The molecule has 1 aromatic rings. The Morgan fingerprint density at radius 1 is 1.28 bits per heavy atom. The molecule has 0 radical (unpaired) electrons. The standard InChI is InChI=1S/C22H30N6O6S2/c1-22(2)15(20(32)33)28-18(31)14(19(28)36-22)25-16(29)13(12-9-35-21(23)24-12)26-34-11-7-5-10(6-8-11)17(30)27(3)4/h9-11,14-15,19H,5-8H2,1-4H3,(H2,23,24)(H,25,29)(H,32,33)/t10?,11?,14-,15-,19+/m0/s1. The lowest BCUT2D eigenvalue weighted by atomic mass is 9.86. The highest BCUT2D eigenvalue weighted by atomic mass is 32.2. The molecule has 12 nitrogen and oxygen atoms in total. The fourth-order valence-corrected chi connectivity index (χ4v) is 7.04. The summed E-state index contributed by atoms with van der Waals surface area (Å²) in [6.45, 7) is 3.53. The number of carboxylic acid groups (broad SMARTS) is 1. The summed E-state index contributed by atoms with van der Waals surface area (Å²) < 4.78 is -0.707. The number of carbonyl (C=O) groups excluding carboxylic acids is 3. The van der Waals surface area contributed by atoms with Gasteiger partial charge in [0.1, 0.15) is 29.3 Å². The first-order chi connectivity index (χ1) is 16.9. The third-order valence-corrected chi connectivity index (χ3v) is 8.94. The molecule has 0 aromatic carbocycles. The molecule has 1 saturated carbocycles. The number of aromatic nitrogens is 1. The van der Waals surface area contributed by atoms with Gasteiger partial charge in [0.15, 0.2) is 10.8 Å². The summed E-state index contributed by atoms with van der Waals surface area (Å²) in [5.41, 5.74) is 5.86. The topological polar surface area (TPSA) is 168 Å². The van der Waals surface area contributed by atoms with E-state index in [1.807, 2.05) is 0 Å². The number of fused-ring (bicyclic) bond motifs is 1. The molecule has 3 atom stereocenters. The lowest BCUT2D eigenvalue weighted by Gasteiger charge is -2.43. The van der Waals surface area contributed by atoms with E-state index in [4.69, 9.17) is 10.6 Å². The van der Waals surface area contributed by atoms with Crippen molar-refractivity contribution < 1.29 is 29.1 Å². The number of thiazole rings is 1. The van der Waals surface area contributed by atoms with Crippen LogP contribution in [0, 0.1) is 5.92 Å². The molecule has 2 aliphatic heterocycles. The second kappa shape index (κ2) is 9.88. The molecule has 3 heterocycles. The number of carboxylic acids is 1. The van der Waals surface area contributed by atoms with Crippen LogP contribution in [0.2, 0.25) is 0 Å². The highest BCUT2D eigenvalue weighted by Gasteiger charge is 2.64. The largest absolute Gasteiger partial charge is 0.480 e. The molecule has 4 N–H and O–H groups in total. The van der Waals surface area contributed by atoms with Crippen LogP contribution >= 0.6 is 23.1 Å². The lowest BCUT2D eigenvalue weighted by Crippen LogP contribution is -2.71. The first-order valence-corrected chi connectivity index (χ1v) is 13.4. The minimum atomic E-state index is -1.08. The van der Waals surface area contributed by atoms with E-state index in [9.17, 15) is 24.3 Å². The summed E-state index contributed by atoms with van der Waals surface area (Å²) in [5.74, 6) is -2.16. The Balaban J connectivity index is 1.45. The fourth-order valence-electron chi connectivity index (χ4n) is 4.86. The molecule has 1 aliphatic carbocycles. The molecule has 0 unspecified atom stereocenters. The van der Waals surface area contributed by atoms with Gasteiger partial charge in [0, 0.05) is 30.1 Å². The zero-order valence-corrected chi connectivity index (χ0v) is 22.1. The SMILES string of the molecule is CN(C)C(=O)C1CCC(ON=C(C(=O)N[C@H]2C(=O)N3[C@@H]2SC(C)(C)[C@@H]3C(=O)O)c2csc(N)n2)CC1. The van der Waals surface area contributed by atoms with E-state index in [1.54, 1.807) is 38.2 Å². The van der Waals surface area contributed by atoms with Crippen molar-refractivity contribution in [3.63, 3.8) is 0 Å². The Hall–Kier alpha value is -2.87. The van der Waals surface area contributed by atoms with Crippen LogP contribution in [0.3, 0.4) is 0 Å². The number of oxime groups is 1. The molecule has 196 valence electrons. The third kappa shape index (κ3) is 4.88. The highest BCUT2D eigenvalue weighted by molar-refractivity contribution is 8.01. The molecular weight excluding hydrogens is 508 g/mol. The fraction of sp³-hybridized carbons (Fsp3) is 0.636. The Labute approximate surface area is 216 Å². The average Bonchev–Trinajstić information content (AvgIpc) is 3.35. The van der Waals surface area contributed by atoms with Crippen LogP contribution in [0.5, 0.6) is 0 Å². The minimum Gasteiger partial charge on any atom is -0.480 e. The van der Waals surface area contributed by atoms with Gasteiger partial charge in [-0.2, -0.15) is 0 Å². The maximum absolute atomic E-state index is 13.2. The van der Waals surface area contributed by atoms with E-state index in [-0.39, 0.29) is 34.5 Å². The number of nitrogens with one attached hydrogen (secondary N) is 1. The number of thioether (sulfide) groups is 1. The monoisotopic (exact) mass is 538 g/mol. The number of anilines is 1. The van der Waals surface area contributed by atoms with E-state index >= 15 is 0 Å². The molecular formula is C22H30N6O6S2. The van der Waals surface area contributed by atoms with Crippen LogP contribution in [-0.2, 0) is 24.0 Å². The summed E-state index contributed by atoms with van der Waals surface area (Å²) >= 11 is 2.47. The van der Waals surface area contributed by atoms with Gasteiger partial charge < -0.3 is 30.8 Å². The molecule has 4 rings (SSSR count). The number of nitrogens with two attached hydrogens (primary N) is 1. The zero-order valence-electron chi connectivity index (χ0n) is 20.5. The Kier molecular flexibility index (Phi) is 7.19. The number of β-lactam (4-membered cyclic amide) rings is 1. The summed E-state index contributed by atoms with van der Waals surface area (Å²) in [5, 5.41) is 17.7. The molecule has 0 spiro atoms. The van der Waals surface area contributed by atoms with Gasteiger partial charge in [0.05, 0.1) is 0 Å². The summed E-state index contributed by atoms with van der Waals surface area (Å²) in [6.07, 6.45) is 2.28. The maximum atomic E-state index is 13.2. The van der Waals surface area contributed by atoms with Gasteiger partial charge in [-0.1, -0.05) is 5.16 Å². The number of nitrogen functional groups attached to an aromatic ring is 1. The maximum Gasteiger partial charge on any atom is 0.327 e. The van der Waals surface area contributed by atoms with Crippen LogP contribution in [0.4, 0.5) is 5.13 Å². The van der Waals surface area contributed by atoms with Crippen molar-refractivity contribution in [1.82, 2.24) is 20.1 Å². The average molecular weight is 539 g/mol. The Morgan fingerprint density at radius 2 is 1.94 bits per heavy atom. The second-order valence-electron chi connectivity index (χ2n) is 9.87. The predicted octanol–water partition coefficient (Wildman–Crippen LogP) is 0.725. The minimum absolute atomic E-state index is 0.0553. The summed E-state index contributed by atoms with van der Waals surface area (Å²) in [6, 6.07) is -1.86. The van der Waals surface area contributed by atoms with E-state index < -0.39 is 40.0 Å². The van der Waals surface area contributed by atoms with Gasteiger partial charge in [-0.15, -0.1) is 23.1 Å². The quantitative estimate of drug-likeness (QED) is 0.257. The van der Waals surface area contributed by atoms with Gasteiger partial charge in [0.25, 0.3) is 5.91 Å². The van der Waals surface area contributed by atoms with Crippen molar-refractivity contribution >= 4 is 57.6 Å². The normalized spacial score (nSPS) is 29.2. The van der Waals surface area contributed by atoms with Crippen molar-refractivity contribution in [3.05, 3.63) is 11.1 Å². The van der Waals surface area contributed by atoms with Gasteiger partial charge in [-0.05, 0) is 39.5 Å². The van der Waals surface area contributed by atoms with Crippen LogP contribution in [0.1, 0.15) is 45.2 Å². The van der Waals surface area contributed by atoms with Gasteiger partial charge in [-0.25, -0.2) is 9.78 Å². The van der Waals surface area contributed by atoms with Crippen molar-refractivity contribution in [1.29, 1.82) is 0 Å². The van der Waals surface area contributed by atoms with Crippen LogP contribution in [-0.4, -0.2) is 91.7 Å². The van der Waals surface area contributed by atoms with Gasteiger partial charge in [0.2, 0.25) is 11.8 Å². The number of amides is 3. The molecule has 2 saturated heterocycles. The number of carbonyl (C=O) groups is 4. The van der Waals surface area contributed by atoms with E-state index in [0.717, 1.165) is 11.3 Å². The number of hydrogen-bond donors (Lipinski definition) is 3. The van der Waals surface area contributed by atoms with Crippen LogP contribution in [0.15, 0.2) is 10.5 Å². The first kappa shape index (κ1) is 26.2. The predicted molar refractivity (Wildman–Crippen MR) is 134 cm³/mol. The van der Waals surface area contributed by atoms with Crippen molar-refractivity contribution in [2.24, 2.45) is 11.1 Å². The second-order valence-corrected chi connectivity index (χ2v) is 12.5. The molecule has 1 aromatic heterocycles. The lowest BCUT2D eigenvalue weighted by molar-refractivity contribution is -0.160. The van der Waals surface area contributed by atoms with Crippen molar-refractivity contribution in [2.75, 3.05) is 19.8 Å². The molecule has 0 bridgehead atoms. The first-order valence-electron chi connectivity index (χ1n) is 11.6. The molecule has 3 fully saturated rings. The van der Waals surface area contributed by atoms with Gasteiger partial charge >= 0.3 is 5.97 Å². The van der Waals surface area contributed by atoms with E-state index in [2.05, 4.69) is 15.5 Å². The molecule has 14 heteroatoms. The Bertz CT molecular complexity index is 1100. The molecule has 36 heavy (non-hydrogen) atoms. The van der Waals surface area contributed by atoms with E-state index in [0.29, 0.717) is 25.7 Å². The molecule has 3 aliphatic rings. The number of rotatable bonds is 7. The summed E-state index contributed by atoms with van der Waals surface area (Å²) in [7, 11) is 3.47.